The fraction of sp³-hybridized carbons (Fsp3) is 0.385. The molecule has 8 heteroatoms. The van der Waals surface area contributed by atoms with Crippen LogP contribution in [-0.2, 0) is 16.0 Å². The van der Waals surface area contributed by atoms with E-state index in [1.807, 2.05) is 32.0 Å². The summed E-state index contributed by atoms with van der Waals surface area (Å²) in [6.07, 6.45) is 0.755. The quantitative estimate of drug-likeness (QED) is 0.381. The number of carbonyl (C=O) groups excluding carboxylic acids is 2. The standard InChI is InChI=1S/C26H30N2O6/c1-15-12-17-13-16(6-8-20(17)34-15)24(29)22-23(19-14-18(32-4)7-9-21(19)33-5)28(11-10-27(2)3)26(31)25(22)30/h6-9,13-15,23,29H,10-12H2,1-5H3/b24-22+. The Hall–Kier alpha value is -3.52. The number of nitrogens with zero attached hydrogens (tertiary/aromatic N) is 2. The normalized spacial score (nSPS) is 21.1. The Labute approximate surface area is 199 Å². The summed E-state index contributed by atoms with van der Waals surface area (Å²) in [5.41, 5.74) is 2.02. The first kappa shape index (κ1) is 23.6. The highest BCUT2D eigenvalue weighted by molar-refractivity contribution is 6.46. The Kier molecular flexibility index (Phi) is 6.52. The average molecular weight is 467 g/mol. The van der Waals surface area contributed by atoms with Gasteiger partial charge in [-0.15, -0.1) is 0 Å². The molecule has 1 fully saturated rings. The average Bonchev–Trinajstić information content (AvgIpc) is 3.32. The summed E-state index contributed by atoms with van der Waals surface area (Å²) in [5, 5.41) is 11.4. The minimum Gasteiger partial charge on any atom is -0.507 e. The van der Waals surface area contributed by atoms with Gasteiger partial charge in [-0.3, -0.25) is 9.59 Å². The minimum atomic E-state index is -0.826. The minimum absolute atomic E-state index is 0.0298. The molecule has 2 atom stereocenters. The van der Waals surface area contributed by atoms with Gasteiger partial charge in [-0.25, -0.2) is 0 Å². The number of ketones is 1. The van der Waals surface area contributed by atoms with Gasteiger partial charge in [0.2, 0.25) is 0 Å². The lowest BCUT2D eigenvalue weighted by Crippen LogP contribution is -2.35. The highest BCUT2D eigenvalue weighted by Crippen LogP contribution is 2.44. The molecule has 1 amide bonds. The van der Waals surface area contributed by atoms with Crippen molar-refractivity contribution < 1.29 is 28.9 Å². The molecule has 2 aliphatic rings. The second kappa shape index (κ2) is 9.38. The molecule has 34 heavy (non-hydrogen) atoms. The van der Waals surface area contributed by atoms with E-state index in [0.29, 0.717) is 42.1 Å². The van der Waals surface area contributed by atoms with Gasteiger partial charge in [0.15, 0.2) is 0 Å². The van der Waals surface area contributed by atoms with Crippen LogP contribution in [0.15, 0.2) is 42.0 Å². The van der Waals surface area contributed by atoms with Crippen molar-refractivity contribution in [1.29, 1.82) is 0 Å². The van der Waals surface area contributed by atoms with Gasteiger partial charge >= 0.3 is 0 Å². The molecule has 0 aliphatic carbocycles. The Morgan fingerprint density at radius 2 is 1.91 bits per heavy atom. The fourth-order valence-corrected chi connectivity index (χ4v) is 4.52. The van der Waals surface area contributed by atoms with Crippen LogP contribution in [0.4, 0.5) is 0 Å². The third-order valence-corrected chi connectivity index (χ3v) is 6.23. The molecular formula is C26H30N2O6. The van der Waals surface area contributed by atoms with Crippen LogP contribution in [0.5, 0.6) is 17.2 Å². The lowest BCUT2D eigenvalue weighted by molar-refractivity contribution is -0.140. The SMILES string of the molecule is COc1ccc(OC)c(C2/C(=C(\O)c3ccc4c(c3)CC(C)O4)C(=O)C(=O)N2CCN(C)C)c1. The molecule has 0 saturated carbocycles. The van der Waals surface area contributed by atoms with Crippen molar-refractivity contribution in [2.75, 3.05) is 41.4 Å². The lowest BCUT2D eigenvalue weighted by atomic mass is 9.93. The van der Waals surface area contributed by atoms with Gasteiger partial charge < -0.3 is 29.1 Å². The van der Waals surface area contributed by atoms with Crippen LogP contribution in [0.1, 0.15) is 29.7 Å². The number of aliphatic hydroxyl groups excluding tert-OH is 1. The van der Waals surface area contributed by atoms with Crippen molar-refractivity contribution in [2.45, 2.75) is 25.5 Å². The van der Waals surface area contributed by atoms with E-state index < -0.39 is 17.7 Å². The van der Waals surface area contributed by atoms with Gasteiger partial charge in [0.25, 0.3) is 11.7 Å². The number of methoxy groups -OCH3 is 2. The molecule has 1 saturated heterocycles. The predicted molar refractivity (Wildman–Crippen MR) is 127 cm³/mol. The monoisotopic (exact) mass is 466 g/mol. The number of hydrogen-bond donors (Lipinski definition) is 1. The summed E-state index contributed by atoms with van der Waals surface area (Å²) in [4.78, 5) is 29.9. The van der Waals surface area contributed by atoms with Crippen molar-refractivity contribution >= 4 is 17.4 Å². The number of rotatable bonds is 7. The van der Waals surface area contributed by atoms with E-state index in [0.717, 1.165) is 11.3 Å². The summed E-state index contributed by atoms with van der Waals surface area (Å²) in [6, 6.07) is 9.71. The zero-order chi connectivity index (χ0) is 24.6. The molecular weight excluding hydrogens is 436 g/mol. The molecule has 2 aromatic carbocycles. The second-order valence-corrected chi connectivity index (χ2v) is 8.86. The number of aliphatic hydroxyl groups is 1. The fourth-order valence-electron chi connectivity index (χ4n) is 4.52. The van der Waals surface area contributed by atoms with Crippen molar-refractivity contribution in [2.24, 2.45) is 0 Å². The maximum atomic E-state index is 13.3. The van der Waals surface area contributed by atoms with Gasteiger partial charge in [0.1, 0.15) is 29.1 Å². The summed E-state index contributed by atoms with van der Waals surface area (Å²) in [6.45, 7) is 2.82. The van der Waals surface area contributed by atoms with E-state index >= 15 is 0 Å². The van der Waals surface area contributed by atoms with Crippen molar-refractivity contribution in [1.82, 2.24) is 9.80 Å². The number of hydrogen-bond acceptors (Lipinski definition) is 7. The van der Waals surface area contributed by atoms with Crippen molar-refractivity contribution in [3.8, 4) is 17.2 Å². The van der Waals surface area contributed by atoms with E-state index in [4.69, 9.17) is 14.2 Å². The second-order valence-electron chi connectivity index (χ2n) is 8.86. The van der Waals surface area contributed by atoms with E-state index in [1.54, 1.807) is 37.4 Å². The largest absolute Gasteiger partial charge is 0.507 e. The van der Waals surface area contributed by atoms with Crippen LogP contribution in [0, 0.1) is 0 Å². The first-order valence-electron chi connectivity index (χ1n) is 11.2. The van der Waals surface area contributed by atoms with Crippen LogP contribution in [0.25, 0.3) is 5.76 Å². The molecule has 8 nitrogen and oxygen atoms in total. The van der Waals surface area contributed by atoms with E-state index in [-0.39, 0.29) is 17.4 Å². The molecule has 2 aromatic rings. The molecule has 2 aliphatic heterocycles. The number of amides is 1. The number of likely N-dealkylation sites (tertiary alicyclic amines) is 1. The van der Waals surface area contributed by atoms with E-state index in [2.05, 4.69) is 0 Å². The number of fused-ring (bicyclic) bond motifs is 1. The highest BCUT2D eigenvalue weighted by Gasteiger charge is 2.47. The molecule has 1 N–H and O–H groups in total. The van der Waals surface area contributed by atoms with Gasteiger partial charge in [-0.2, -0.15) is 0 Å². The topological polar surface area (TPSA) is 88.5 Å². The van der Waals surface area contributed by atoms with Gasteiger partial charge in [-0.05, 0) is 63.0 Å². The Balaban J connectivity index is 1.88. The van der Waals surface area contributed by atoms with Crippen LogP contribution >= 0.6 is 0 Å². The zero-order valence-electron chi connectivity index (χ0n) is 20.1. The third kappa shape index (κ3) is 4.21. The maximum Gasteiger partial charge on any atom is 0.295 e. The van der Waals surface area contributed by atoms with Crippen molar-refractivity contribution in [3.05, 3.63) is 58.7 Å². The summed E-state index contributed by atoms with van der Waals surface area (Å²) in [7, 11) is 6.86. The molecule has 2 heterocycles. The Bertz CT molecular complexity index is 1160. The highest BCUT2D eigenvalue weighted by atomic mass is 16.5. The Morgan fingerprint density at radius 1 is 1.15 bits per heavy atom. The van der Waals surface area contributed by atoms with Gasteiger partial charge in [-0.1, -0.05) is 0 Å². The summed E-state index contributed by atoms with van der Waals surface area (Å²) >= 11 is 0. The molecule has 0 spiro atoms. The van der Waals surface area contributed by atoms with Gasteiger partial charge in [0, 0.05) is 30.6 Å². The predicted octanol–water partition coefficient (Wildman–Crippen LogP) is 3.01. The number of ether oxygens (including phenoxy) is 3. The lowest BCUT2D eigenvalue weighted by Gasteiger charge is -2.28. The number of carbonyl (C=O) groups is 2. The smallest absolute Gasteiger partial charge is 0.295 e. The van der Waals surface area contributed by atoms with Crippen molar-refractivity contribution in [3.63, 3.8) is 0 Å². The summed E-state index contributed by atoms with van der Waals surface area (Å²) in [5.74, 6) is 0.208. The van der Waals surface area contributed by atoms with Crippen LogP contribution in [0.2, 0.25) is 0 Å². The molecule has 0 aromatic heterocycles. The molecule has 4 rings (SSSR count). The third-order valence-electron chi connectivity index (χ3n) is 6.23. The molecule has 180 valence electrons. The van der Waals surface area contributed by atoms with Crippen LogP contribution in [-0.4, -0.2) is 74.1 Å². The number of Topliss-reactive ketones (excluding diaryl/α,β-unsaturated/α-hetero) is 1. The van der Waals surface area contributed by atoms with Crippen LogP contribution in [0.3, 0.4) is 0 Å². The Morgan fingerprint density at radius 3 is 2.59 bits per heavy atom. The van der Waals surface area contributed by atoms with E-state index in [9.17, 15) is 14.7 Å². The van der Waals surface area contributed by atoms with Crippen LogP contribution < -0.4 is 14.2 Å². The first-order chi connectivity index (χ1) is 16.2. The summed E-state index contributed by atoms with van der Waals surface area (Å²) < 4.78 is 16.7. The first-order valence-corrected chi connectivity index (χ1v) is 11.2. The zero-order valence-corrected chi connectivity index (χ0v) is 20.1. The molecule has 0 bridgehead atoms. The molecule has 2 unspecified atom stereocenters. The van der Waals surface area contributed by atoms with Gasteiger partial charge in [0.05, 0.1) is 25.8 Å². The number of likely N-dealkylation sites (N-methyl/N-ethyl adjacent to an activating group) is 1. The van der Waals surface area contributed by atoms with E-state index in [1.165, 1.54) is 12.0 Å². The number of benzene rings is 2. The maximum absolute atomic E-state index is 13.3. The molecule has 0 radical (unpaired) electrons.